The second-order valence-corrected chi connectivity index (χ2v) is 8.31. The lowest BCUT2D eigenvalue weighted by atomic mass is 10.1. The molecule has 29 heavy (non-hydrogen) atoms. The van der Waals surface area contributed by atoms with Gasteiger partial charge in [0.15, 0.2) is 10.9 Å². The molecule has 1 aliphatic rings. The van der Waals surface area contributed by atoms with E-state index in [1.54, 1.807) is 20.8 Å². The number of hydrogen-bond donors (Lipinski definition) is 1. The molecule has 3 rings (SSSR count). The van der Waals surface area contributed by atoms with E-state index in [9.17, 15) is 9.59 Å². The average molecular weight is 420 g/mol. The number of hydrogen-bond acceptors (Lipinski definition) is 6. The van der Waals surface area contributed by atoms with Crippen molar-refractivity contribution in [2.24, 2.45) is 0 Å². The summed E-state index contributed by atoms with van der Waals surface area (Å²) in [6.07, 6.45) is 2.35. The Balaban J connectivity index is 1.74. The van der Waals surface area contributed by atoms with E-state index in [1.807, 2.05) is 6.92 Å². The number of aromatic amines is 1. The minimum Gasteiger partial charge on any atom is -0.461 e. The zero-order valence-electron chi connectivity index (χ0n) is 17.8. The highest BCUT2D eigenvalue weighted by molar-refractivity contribution is 7.99. The predicted molar refractivity (Wildman–Crippen MR) is 112 cm³/mol. The topological polar surface area (TPSA) is 86.2 Å². The third-order valence-electron chi connectivity index (χ3n) is 5.36. The number of aryl methyl sites for hydroxylation is 2. The molecule has 0 aliphatic carbocycles. The van der Waals surface area contributed by atoms with Crippen LogP contribution in [0.3, 0.4) is 0 Å². The smallest absolute Gasteiger partial charge is 0.355 e. The van der Waals surface area contributed by atoms with Crippen molar-refractivity contribution >= 4 is 23.5 Å². The number of aromatic nitrogens is 3. The summed E-state index contributed by atoms with van der Waals surface area (Å²) < 4.78 is 13.0. The maximum absolute atomic E-state index is 12.9. The number of esters is 1. The second-order valence-electron chi connectivity index (χ2n) is 7.37. The van der Waals surface area contributed by atoms with Gasteiger partial charge in [0.25, 0.3) is 0 Å². The number of carbonyl (C=O) groups is 2. The minimum atomic E-state index is -0.432. The maximum Gasteiger partial charge on any atom is 0.355 e. The van der Waals surface area contributed by atoms with E-state index in [2.05, 4.69) is 21.5 Å². The van der Waals surface area contributed by atoms with Crippen LogP contribution >= 0.6 is 11.8 Å². The Morgan fingerprint density at radius 2 is 2.07 bits per heavy atom. The first kappa shape index (κ1) is 21.6. The third kappa shape index (κ3) is 4.59. The summed E-state index contributed by atoms with van der Waals surface area (Å²) in [6, 6.07) is 0. The monoisotopic (exact) mass is 419 g/mol. The normalized spacial score (nSPS) is 16.4. The van der Waals surface area contributed by atoms with Gasteiger partial charge in [-0.2, -0.15) is 0 Å². The third-order valence-corrected chi connectivity index (χ3v) is 6.34. The van der Waals surface area contributed by atoms with Crippen molar-refractivity contribution in [3.05, 3.63) is 33.9 Å². The summed E-state index contributed by atoms with van der Waals surface area (Å²) in [7, 11) is 0. The number of thioether (sulfide) groups is 1. The number of rotatable bonds is 8. The Morgan fingerprint density at radius 1 is 1.31 bits per heavy atom. The quantitative estimate of drug-likeness (QED) is 0.398. The first-order chi connectivity index (χ1) is 13.8. The second kappa shape index (κ2) is 9.17. The van der Waals surface area contributed by atoms with E-state index in [1.165, 1.54) is 11.8 Å². The van der Waals surface area contributed by atoms with Gasteiger partial charge >= 0.3 is 5.97 Å². The van der Waals surface area contributed by atoms with Crippen LogP contribution in [0.1, 0.15) is 63.3 Å². The molecule has 0 saturated carbocycles. The minimum absolute atomic E-state index is 0.0289. The number of H-pyrrole nitrogens is 1. The summed E-state index contributed by atoms with van der Waals surface area (Å²) in [5.74, 6) is -0.208. The van der Waals surface area contributed by atoms with Gasteiger partial charge in [-0.05, 0) is 53.0 Å². The molecule has 0 aromatic carbocycles. The summed E-state index contributed by atoms with van der Waals surface area (Å²) in [5, 5.41) is 0.834. The summed E-state index contributed by atoms with van der Waals surface area (Å²) in [6.45, 7) is 11.2. The molecule has 0 spiro atoms. The van der Waals surface area contributed by atoms with E-state index >= 15 is 0 Å². The molecular weight excluding hydrogens is 390 g/mol. The van der Waals surface area contributed by atoms with Crippen molar-refractivity contribution < 1.29 is 19.1 Å². The molecule has 0 bridgehead atoms. The van der Waals surface area contributed by atoms with E-state index in [0.29, 0.717) is 29.1 Å². The molecule has 2 aromatic heterocycles. The van der Waals surface area contributed by atoms with E-state index in [-0.39, 0.29) is 17.6 Å². The van der Waals surface area contributed by atoms with Crippen molar-refractivity contribution in [2.75, 3.05) is 19.0 Å². The van der Waals surface area contributed by atoms with Crippen LogP contribution in [0.5, 0.6) is 0 Å². The number of nitrogens with zero attached hydrogens (tertiary/aromatic N) is 2. The van der Waals surface area contributed by atoms with Gasteiger partial charge in [0.1, 0.15) is 5.69 Å². The molecular formula is C21H29N3O4S. The molecule has 3 heterocycles. The van der Waals surface area contributed by atoms with Gasteiger partial charge in [0.2, 0.25) is 0 Å². The fraction of sp³-hybridized carbons (Fsp3) is 0.571. The molecule has 1 atom stereocenters. The van der Waals surface area contributed by atoms with Gasteiger partial charge < -0.3 is 19.0 Å². The van der Waals surface area contributed by atoms with E-state index < -0.39 is 5.97 Å². The Hall–Kier alpha value is -2.06. The van der Waals surface area contributed by atoms with Gasteiger partial charge in [-0.25, -0.2) is 9.78 Å². The Morgan fingerprint density at radius 3 is 2.72 bits per heavy atom. The number of ketones is 1. The van der Waals surface area contributed by atoms with Gasteiger partial charge in [-0.1, -0.05) is 11.8 Å². The number of carbonyl (C=O) groups excluding carboxylic acids is 2. The molecule has 7 nitrogen and oxygen atoms in total. The van der Waals surface area contributed by atoms with Gasteiger partial charge in [-0.15, -0.1) is 0 Å². The highest BCUT2D eigenvalue weighted by Crippen LogP contribution is 2.27. The van der Waals surface area contributed by atoms with Crippen LogP contribution in [0.25, 0.3) is 0 Å². The first-order valence-corrected chi connectivity index (χ1v) is 11.0. The lowest BCUT2D eigenvalue weighted by Crippen LogP contribution is -2.17. The Kier molecular flexibility index (Phi) is 6.85. The van der Waals surface area contributed by atoms with Crippen LogP contribution in [0.15, 0.2) is 5.16 Å². The standard InChI is InChI=1S/C21H29N3O4S/c1-6-27-20(26)19-12(2)18(14(4)22-19)17(25)11-29-21-23-13(3)15(5)24(21)10-16-8-7-9-28-16/h16,22H,6-11H2,1-5H3. The molecule has 0 radical (unpaired) electrons. The van der Waals surface area contributed by atoms with E-state index in [0.717, 1.165) is 42.5 Å². The molecule has 1 aliphatic heterocycles. The molecule has 158 valence electrons. The van der Waals surface area contributed by atoms with Crippen molar-refractivity contribution in [3.63, 3.8) is 0 Å². The predicted octanol–water partition coefficient (Wildman–Crippen LogP) is 3.78. The van der Waals surface area contributed by atoms with Crippen LogP contribution in [0.2, 0.25) is 0 Å². The number of imidazole rings is 1. The Labute approximate surface area is 175 Å². The highest BCUT2D eigenvalue weighted by Gasteiger charge is 2.24. The molecule has 1 unspecified atom stereocenters. The fourth-order valence-corrected chi connectivity index (χ4v) is 4.69. The average Bonchev–Trinajstić information content (AvgIpc) is 3.36. The number of Topliss-reactive ketones (excluding diaryl/α,β-unsaturated/α-hetero) is 1. The van der Waals surface area contributed by atoms with Crippen LogP contribution in [-0.2, 0) is 16.0 Å². The van der Waals surface area contributed by atoms with Crippen molar-refractivity contribution in [3.8, 4) is 0 Å². The molecule has 2 aromatic rings. The fourth-order valence-electron chi connectivity index (χ4n) is 3.72. The van der Waals surface area contributed by atoms with Crippen molar-refractivity contribution in [1.29, 1.82) is 0 Å². The van der Waals surface area contributed by atoms with Crippen LogP contribution in [0.4, 0.5) is 0 Å². The van der Waals surface area contributed by atoms with Crippen molar-refractivity contribution in [2.45, 2.75) is 65.3 Å². The van der Waals surface area contributed by atoms with Gasteiger partial charge in [0.05, 0.1) is 30.7 Å². The summed E-state index contributed by atoms with van der Waals surface area (Å²) >= 11 is 1.43. The largest absolute Gasteiger partial charge is 0.461 e. The highest BCUT2D eigenvalue weighted by atomic mass is 32.2. The molecule has 1 fully saturated rings. The van der Waals surface area contributed by atoms with Gasteiger partial charge in [0, 0.05) is 23.6 Å². The molecule has 1 N–H and O–H groups in total. The molecule has 0 amide bonds. The van der Waals surface area contributed by atoms with Crippen molar-refractivity contribution in [1.82, 2.24) is 14.5 Å². The lowest BCUT2D eigenvalue weighted by molar-refractivity contribution is 0.0519. The zero-order chi connectivity index (χ0) is 21.1. The Bertz CT molecular complexity index is 910. The van der Waals surface area contributed by atoms with Gasteiger partial charge in [-0.3, -0.25) is 4.79 Å². The number of nitrogens with one attached hydrogen (secondary N) is 1. The van der Waals surface area contributed by atoms with Crippen LogP contribution in [-0.4, -0.2) is 51.4 Å². The maximum atomic E-state index is 12.9. The molecule has 8 heteroatoms. The summed E-state index contributed by atoms with van der Waals surface area (Å²) in [4.78, 5) is 32.7. The van der Waals surface area contributed by atoms with Crippen LogP contribution < -0.4 is 0 Å². The molecule has 1 saturated heterocycles. The van der Waals surface area contributed by atoms with E-state index in [4.69, 9.17) is 9.47 Å². The summed E-state index contributed by atoms with van der Waals surface area (Å²) in [5.41, 5.74) is 4.31. The SMILES string of the molecule is CCOC(=O)c1[nH]c(C)c(C(=O)CSc2nc(C)c(C)n2CC2CCCO2)c1C. The zero-order valence-corrected chi connectivity index (χ0v) is 18.6. The van der Waals surface area contributed by atoms with Crippen LogP contribution in [0, 0.1) is 27.7 Å². The number of ether oxygens (including phenoxy) is 2. The lowest BCUT2D eigenvalue weighted by Gasteiger charge is -2.14. The first-order valence-electron chi connectivity index (χ1n) is 10.0.